The summed E-state index contributed by atoms with van der Waals surface area (Å²) >= 11 is 3.54. The van der Waals surface area contributed by atoms with Crippen molar-refractivity contribution in [3.05, 3.63) is 441 Å². The van der Waals surface area contributed by atoms with Gasteiger partial charge in [0.1, 0.15) is 11.4 Å². The van der Waals surface area contributed by atoms with Gasteiger partial charge in [-0.25, -0.2) is 12.8 Å². The van der Waals surface area contributed by atoms with Gasteiger partial charge in [-0.1, -0.05) is 306 Å². The maximum absolute atomic E-state index is 12.4. The second kappa shape index (κ2) is 45.2. The summed E-state index contributed by atoms with van der Waals surface area (Å²) in [4.78, 5) is 29.3. The van der Waals surface area contributed by atoms with Crippen LogP contribution in [-0.2, 0) is 82.7 Å². The Hall–Kier alpha value is -9.39. The van der Waals surface area contributed by atoms with Crippen molar-refractivity contribution in [2.75, 3.05) is 46.6 Å². The normalized spacial score (nSPS) is 16.4. The van der Waals surface area contributed by atoms with Crippen molar-refractivity contribution in [3.8, 4) is 5.75 Å². The zero-order valence-corrected chi connectivity index (χ0v) is 78.5. The van der Waals surface area contributed by atoms with Crippen LogP contribution >= 0.6 is 32.9 Å². The first-order valence-corrected chi connectivity index (χ1v) is 45.3. The molecule has 6 nitrogen and oxygen atoms in total. The van der Waals surface area contributed by atoms with Gasteiger partial charge in [0, 0.05) is 40.7 Å². The van der Waals surface area contributed by atoms with Crippen molar-refractivity contribution in [3.63, 3.8) is 0 Å². The number of aliphatic hydroxyl groups is 1. The van der Waals surface area contributed by atoms with E-state index in [0.29, 0.717) is 11.5 Å². The fourth-order valence-corrected chi connectivity index (χ4v) is 18.5. The van der Waals surface area contributed by atoms with Gasteiger partial charge in [-0.15, -0.1) is 17.0 Å². The first-order chi connectivity index (χ1) is 58.8. The molecule has 0 heterocycles. The minimum atomic E-state index is -0.768. The second-order valence-electron chi connectivity index (χ2n) is 34.7. The van der Waals surface area contributed by atoms with Crippen LogP contribution in [0.1, 0.15) is 225 Å². The molecule has 8 aliphatic rings. The number of fused-ring (bicyclic) bond motifs is 12. The van der Waals surface area contributed by atoms with Gasteiger partial charge in [0.15, 0.2) is 11.6 Å². The van der Waals surface area contributed by atoms with E-state index in [1.54, 1.807) is 18.2 Å². The van der Waals surface area contributed by atoms with Gasteiger partial charge in [-0.2, -0.15) is 0 Å². The number of alkyl halides is 1. The number of allylic oxidation sites excluding steroid dienone is 1. The topological polar surface area (TPSA) is 81.1 Å². The van der Waals surface area contributed by atoms with Crippen molar-refractivity contribution in [2.24, 2.45) is 5.92 Å². The van der Waals surface area contributed by atoms with E-state index in [0.717, 1.165) is 167 Å². The maximum atomic E-state index is 12.4. The molecule has 0 saturated heterocycles. The molecular formula is C115H126Br2MgN2O4. The van der Waals surface area contributed by atoms with E-state index in [2.05, 4.69) is 295 Å². The Labute approximate surface area is 777 Å². The number of aryl methyl sites for hydroxylation is 17. The van der Waals surface area contributed by atoms with Crippen LogP contribution in [0.4, 0.5) is 0 Å². The molecule has 0 aliphatic heterocycles. The van der Waals surface area contributed by atoms with Gasteiger partial charge in [-0.05, 0) is 324 Å². The van der Waals surface area contributed by atoms with Crippen LogP contribution in [-0.4, -0.2) is 101 Å². The third-order valence-electron chi connectivity index (χ3n) is 24.8. The molecule has 0 radical (unpaired) electrons. The SMILES string of the molecule is Br.C.Cc1ccc2c(c1)CCc1ccccc1/C2=C/CCN(C)C.Cc1ccc2c(c1)CCc1ccccc1/C2=C\CCN(C)C.Cc1ccc2c(c1)CCc1ccccc1C2(O)C1CC1.Cc1ccc2c(c1)CCc1ccccc1C2=CCCBr.Cc1ccc2c(c1)CCc1ccccc1C2=O.O=C1c2ccccc2CCc2cc(O)ccc21.[CH-]1CC1.[H-].[Mg+2]. The van der Waals surface area contributed by atoms with Gasteiger partial charge in [0.2, 0.25) is 0 Å². The van der Waals surface area contributed by atoms with Crippen LogP contribution in [0.2, 0.25) is 0 Å². The van der Waals surface area contributed by atoms with Crippen LogP contribution < -0.4 is 0 Å². The third-order valence-corrected chi connectivity index (χ3v) is 25.2. The Morgan fingerprint density at radius 2 is 0.613 bits per heavy atom. The molecule has 1 unspecified atom stereocenters. The molecule has 20 rings (SSSR count). The molecule has 636 valence electrons. The number of phenols is 1. The van der Waals surface area contributed by atoms with Crippen LogP contribution in [0.5, 0.6) is 5.75 Å². The summed E-state index contributed by atoms with van der Waals surface area (Å²) in [6, 6.07) is 89.2. The van der Waals surface area contributed by atoms with E-state index in [-0.39, 0.29) is 66.2 Å². The van der Waals surface area contributed by atoms with Gasteiger partial charge >= 0.3 is 23.1 Å². The zero-order chi connectivity index (χ0) is 84.5. The quantitative estimate of drug-likeness (QED) is 0.0851. The number of carbonyl (C=O) groups excluding carboxylic acids is 2. The van der Waals surface area contributed by atoms with Crippen molar-refractivity contribution in [2.45, 2.75) is 170 Å². The molecule has 8 aliphatic carbocycles. The number of nitrogens with zero attached hydrogens (tertiary/aromatic N) is 2. The maximum Gasteiger partial charge on any atom is 2.00 e. The number of halogens is 2. The van der Waals surface area contributed by atoms with E-state index in [1.165, 1.54) is 146 Å². The summed E-state index contributed by atoms with van der Waals surface area (Å²) in [5, 5.41) is 22.1. The standard InChI is InChI=1S/2C21H25N.C19H19Br.C19H20O.C16H14O.C15H12O2.C3H5.CH4.BrH.Mg.H/c2*1-16-10-13-20-18(15-16)12-11-17-7-4-5-8-19(17)21(20)9-6-14-22(2)3;1-14-8-11-18-16(13-14)10-9-15-5-2-3-6-17(15)19(18)7-4-12-20;1-13-6-11-18-15(12-13)8-7-14-4-2-3-5-17(14)19(18,20)16-9-10-16;1-11-6-9-15-13(10-11)8-7-12-4-2-3-5-14(12)16(15)17;16-12-7-8-14-11(9-12)6-5-10-3-1-2-4-13(10)15(14)17;1-2-3-1;;;;/h2*4-5,7-10,13,15H,6,11-12,14H2,1-3H3;2-3,5-8,11,13H,4,9-10,12H2,1H3;2-6,11-12,16,20H,7-10H2,1H3;2-6,9-10H,7-8H2,1H3;1-4,7-9,16H,5-6H2;1H,2-3H2;1H4;1H;;/q;;;;;;-1;;;+2;-1/b21-9+;21-9-;;;;;;;;;. The first kappa shape index (κ1) is 95.3. The summed E-state index contributed by atoms with van der Waals surface area (Å²) in [5.41, 5.74) is 40.1. The number of carbonyl (C=O) groups is 2. The largest absolute Gasteiger partial charge is 2.00 e. The fraction of sp³-hybridized carbons (Fsp3) is 0.296. The van der Waals surface area contributed by atoms with Crippen LogP contribution in [0.15, 0.2) is 273 Å². The Kier molecular flexibility index (Phi) is 34.7. The Morgan fingerprint density at radius 3 is 0.984 bits per heavy atom. The van der Waals surface area contributed by atoms with Crippen LogP contribution in [0.3, 0.4) is 0 Å². The van der Waals surface area contributed by atoms with E-state index < -0.39 is 5.60 Å². The number of benzene rings is 12. The minimum absolute atomic E-state index is 0. The van der Waals surface area contributed by atoms with Gasteiger partial charge < -0.3 is 27.9 Å². The molecule has 2 fully saturated rings. The molecule has 0 aromatic heterocycles. The number of hydrogen-bond acceptors (Lipinski definition) is 6. The smallest absolute Gasteiger partial charge is 1.00 e. The fourth-order valence-electron chi connectivity index (χ4n) is 18.3. The van der Waals surface area contributed by atoms with Crippen molar-refractivity contribution < 1.29 is 21.2 Å². The predicted octanol–water partition coefficient (Wildman–Crippen LogP) is 26.0. The summed E-state index contributed by atoms with van der Waals surface area (Å²) < 4.78 is 0. The van der Waals surface area contributed by atoms with E-state index in [4.69, 9.17) is 0 Å². The van der Waals surface area contributed by atoms with Crippen molar-refractivity contribution in [1.29, 1.82) is 0 Å². The molecular weight excluding hydrogens is 1660 g/mol. The van der Waals surface area contributed by atoms with E-state index in [9.17, 15) is 19.8 Å². The predicted molar refractivity (Wildman–Crippen MR) is 533 cm³/mol. The third kappa shape index (κ3) is 23.8. The van der Waals surface area contributed by atoms with Crippen LogP contribution in [0.25, 0.3) is 16.7 Å². The molecule has 12 aromatic rings. The summed E-state index contributed by atoms with van der Waals surface area (Å²) in [6.45, 7) is 12.9. The number of hydrogen-bond donors (Lipinski definition) is 2. The van der Waals surface area contributed by atoms with Gasteiger partial charge in [0.25, 0.3) is 0 Å². The Bertz CT molecular complexity index is 5570. The Balaban J connectivity index is 0.000000155. The second-order valence-corrected chi connectivity index (χ2v) is 35.5. The molecule has 9 heteroatoms. The molecule has 0 spiro atoms. The van der Waals surface area contributed by atoms with Crippen LogP contribution in [0, 0.1) is 47.0 Å². The number of aromatic hydroxyl groups is 1. The van der Waals surface area contributed by atoms with Gasteiger partial charge in [-0.3, -0.25) is 9.59 Å². The molecule has 1 atom stereocenters. The number of ketones is 2. The zero-order valence-electron chi connectivity index (χ0n) is 74.8. The summed E-state index contributed by atoms with van der Waals surface area (Å²) in [7, 11) is 8.54. The molecule has 12 aromatic carbocycles. The van der Waals surface area contributed by atoms with Crippen molar-refractivity contribution >= 4 is 84.2 Å². The number of rotatable bonds is 9. The van der Waals surface area contributed by atoms with Gasteiger partial charge in [0.05, 0.1) is 0 Å². The molecule has 124 heavy (non-hydrogen) atoms. The molecule has 2 N–H and O–H groups in total. The first-order valence-electron chi connectivity index (χ1n) is 44.2. The Morgan fingerprint density at radius 1 is 0.355 bits per heavy atom. The monoisotopic (exact) mass is 1780 g/mol. The summed E-state index contributed by atoms with van der Waals surface area (Å²) in [6.07, 6.45) is 30.2. The molecule has 0 bridgehead atoms. The summed E-state index contributed by atoms with van der Waals surface area (Å²) in [5.74, 6) is 0.854. The molecule has 2 saturated carbocycles. The van der Waals surface area contributed by atoms with E-state index >= 15 is 0 Å². The average Bonchev–Trinajstić information content (AvgIpc) is 1.58. The molecule has 0 amide bonds. The average molecular weight is 1780 g/mol. The minimum Gasteiger partial charge on any atom is -1.00 e. The number of phenolic OH excluding ortho intramolecular Hbond substituents is 1. The van der Waals surface area contributed by atoms with Crippen molar-refractivity contribution in [1.82, 2.24) is 9.80 Å². The van der Waals surface area contributed by atoms with E-state index in [1.807, 2.05) is 54.6 Å².